The van der Waals surface area contributed by atoms with Gasteiger partial charge in [0.15, 0.2) is 5.60 Å². The highest BCUT2D eigenvalue weighted by Crippen LogP contribution is 2.58. The minimum absolute atomic E-state index is 0.100. The maximum Gasteiger partial charge on any atom is 0.341 e. The van der Waals surface area contributed by atoms with Crippen LogP contribution in [0.5, 0.6) is 5.75 Å². The van der Waals surface area contributed by atoms with E-state index in [0.29, 0.717) is 23.5 Å². The summed E-state index contributed by atoms with van der Waals surface area (Å²) in [5, 5.41) is 2.03. The van der Waals surface area contributed by atoms with Crippen molar-refractivity contribution in [1.29, 1.82) is 0 Å². The van der Waals surface area contributed by atoms with Crippen LogP contribution in [-0.4, -0.2) is 30.9 Å². The Bertz CT molecular complexity index is 1310. The summed E-state index contributed by atoms with van der Waals surface area (Å²) in [6, 6.07) is 22.0. The number of benzene rings is 3. The summed E-state index contributed by atoms with van der Waals surface area (Å²) in [4.78, 5) is 13.9. The lowest BCUT2D eigenvalue weighted by Crippen LogP contribution is -2.55. The number of hydrogen-bond acceptors (Lipinski definition) is 5. The fourth-order valence-electron chi connectivity index (χ4n) is 7.99. The van der Waals surface area contributed by atoms with E-state index in [2.05, 4.69) is 6.07 Å². The molecular formula is C32H34O5. The molecule has 3 aromatic rings. The molecule has 1 heterocycles. The van der Waals surface area contributed by atoms with Crippen LogP contribution in [0.25, 0.3) is 10.8 Å². The molecular weight excluding hydrogens is 464 g/mol. The number of rotatable bonds is 5. The fraction of sp³-hybridized carbons (Fsp3) is 0.469. The van der Waals surface area contributed by atoms with Gasteiger partial charge in [-0.25, -0.2) is 4.79 Å². The SMILES string of the molecule is COc1c(C2(c3ccccc3)OCC(C)(C(=O)OC34CC5CC(CC(C5)C3)C4)O2)ccc2ccccc12. The van der Waals surface area contributed by atoms with Gasteiger partial charge in [0.05, 0.1) is 19.3 Å². The average Bonchev–Trinajstić information content (AvgIpc) is 3.27. The molecule has 0 aromatic heterocycles. The van der Waals surface area contributed by atoms with Crippen LogP contribution in [-0.2, 0) is 24.8 Å². The average molecular weight is 499 g/mol. The third kappa shape index (κ3) is 3.62. The molecule has 5 aliphatic rings. The quantitative estimate of drug-likeness (QED) is 0.383. The zero-order valence-corrected chi connectivity index (χ0v) is 21.6. The van der Waals surface area contributed by atoms with Crippen LogP contribution in [0.15, 0.2) is 66.7 Å². The Kier molecular flexibility index (Phi) is 5.22. The van der Waals surface area contributed by atoms with Crippen molar-refractivity contribution < 1.29 is 23.7 Å². The van der Waals surface area contributed by atoms with Crippen molar-refractivity contribution in [2.45, 2.75) is 62.4 Å². The molecule has 5 heteroatoms. The largest absolute Gasteiger partial charge is 0.496 e. The van der Waals surface area contributed by atoms with Crippen molar-refractivity contribution >= 4 is 16.7 Å². The molecule has 8 rings (SSSR count). The van der Waals surface area contributed by atoms with E-state index in [9.17, 15) is 4.79 Å². The summed E-state index contributed by atoms with van der Waals surface area (Å²) < 4.78 is 25.8. The van der Waals surface area contributed by atoms with E-state index < -0.39 is 11.4 Å². The first kappa shape index (κ1) is 23.2. The number of carbonyl (C=O) groups is 1. The molecule has 4 saturated carbocycles. The van der Waals surface area contributed by atoms with Crippen LogP contribution < -0.4 is 4.74 Å². The normalized spacial score (nSPS) is 36.1. The minimum Gasteiger partial charge on any atom is -0.496 e. The first-order valence-corrected chi connectivity index (χ1v) is 13.6. The number of carbonyl (C=O) groups excluding carboxylic acids is 1. The van der Waals surface area contributed by atoms with Gasteiger partial charge >= 0.3 is 5.97 Å². The zero-order valence-electron chi connectivity index (χ0n) is 21.6. The summed E-state index contributed by atoms with van der Waals surface area (Å²) in [5.41, 5.74) is -0.0201. The van der Waals surface area contributed by atoms with Crippen molar-refractivity contribution in [3.63, 3.8) is 0 Å². The highest BCUT2D eigenvalue weighted by molar-refractivity contribution is 5.90. The van der Waals surface area contributed by atoms with Gasteiger partial charge in [-0.15, -0.1) is 0 Å². The molecule has 1 saturated heterocycles. The second kappa shape index (κ2) is 8.31. The van der Waals surface area contributed by atoms with Gasteiger partial charge in [-0.1, -0.05) is 60.7 Å². The van der Waals surface area contributed by atoms with Crippen molar-refractivity contribution in [1.82, 2.24) is 0 Å². The van der Waals surface area contributed by atoms with E-state index in [1.807, 2.05) is 67.6 Å². The van der Waals surface area contributed by atoms with Crippen molar-refractivity contribution in [3.8, 4) is 5.75 Å². The van der Waals surface area contributed by atoms with E-state index in [1.165, 1.54) is 19.3 Å². The predicted octanol–water partition coefficient (Wildman–Crippen LogP) is 6.37. The molecule has 2 unspecified atom stereocenters. The smallest absolute Gasteiger partial charge is 0.341 e. The summed E-state index contributed by atoms with van der Waals surface area (Å²) in [7, 11) is 1.67. The van der Waals surface area contributed by atoms with Crippen molar-refractivity contribution in [2.24, 2.45) is 17.8 Å². The molecule has 5 fully saturated rings. The van der Waals surface area contributed by atoms with Gasteiger partial charge in [0.1, 0.15) is 11.4 Å². The Hall–Kier alpha value is -2.89. The lowest BCUT2D eigenvalue weighted by atomic mass is 9.54. The van der Waals surface area contributed by atoms with Crippen LogP contribution in [0.2, 0.25) is 0 Å². The van der Waals surface area contributed by atoms with E-state index in [-0.39, 0.29) is 18.2 Å². The molecule has 1 aliphatic heterocycles. The monoisotopic (exact) mass is 498 g/mol. The Labute approximate surface area is 218 Å². The lowest BCUT2D eigenvalue weighted by molar-refractivity contribution is -0.215. The maximum absolute atomic E-state index is 13.9. The number of methoxy groups -OCH3 is 1. The Morgan fingerprint density at radius 3 is 2.19 bits per heavy atom. The zero-order chi connectivity index (χ0) is 25.3. The summed E-state index contributed by atoms with van der Waals surface area (Å²) >= 11 is 0. The van der Waals surface area contributed by atoms with Gasteiger partial charge in [-0.2, -0.15) is 0 Å². The van der Waals surface area contributed by atoms with Gasteiger partial charge in [0, 0.05) is 10.9 Å². The van der Waals surface area contributed by atoms with Crippen LogP contribution in [0, 0.1) is 17.8 Å². The van der Waals surface area contributed by atoms with Crippen LogP contribution in [0.4, 0.5) is 0 Å². The second-order valence-electron chi connectivity index (χ2n) is 12.0. The van der Waals surface area contributed by atoms with E-state index >= 15 is 0 Å². The summed E-state index contributed by atoms with van der Waals surface area (Å²) in [6.07, 6.45) is 6.86. The topological polar surface area (TPSA) is 54.0 Å². The molecule has 37 heavy (non-hydrogen) atoms. The highest BCUT2D eigenvalue weighted by atomic mass is 16.8. The van der Waals surface area contributed by atoms with E-state index in [1.54, 1.807) is 7.11 Å². The fourth-order valence-corrected chi connectivity index (χ4v) is 7.99. The third-order valence-corrected chi connectivity index (χ3v) is 9.24. The first-order valence-electron chi connectivity index (χ1n) is 13.6. The van der Waals surface area contributed by atoms with E-state index in [0.717, 1.165) is 41.2 Å². The van der Waals surface area contributed by atoms with Crippen LogP contribution >= 0.6 is 0 Å². The van der Waals surface area contributed by atoms with Crippen LogP contribution in [0.3, 0.4) is 0 Å². The van der Waals surface area contributed by atoms with Gasteiger partial charge < -0.3 is 18.9 Å². The van der Waals surface area contributed by atoms with Gasteiger partial charge in [0.25, 0.3) is 0 Å². The van der Waals surface area contributed by atoms with E-state index in [4.69, 9.17) is 18.9 Å². The lowest BCUT2D eigenvalue weighted by Gasteiger charge is -2.56. The summed E-state index contributed by atoms with van der Waals surface area (Å²) in [5.74, 6) is 1.15. The predicted molar refractivity (Wildman–Crippen MR) is 140 cm³/mol. The molecule has 0 amide bonds. The van der Waals surface area contributed by atoms with Crippen LogP contribution in [0.1, 0.15) is 56.6 Å². The van der Waals surface area contributed by atoms with Crippen molar-refractivity contribution in [3.05, 3.63) is 77.9 Å². The first-order chi connectivity index (χ1) is 17.9. The third-order valence-electron chi connectivity index (χ3n) is 9.24. The molecule has 0 N–H and O–H groups in total. The molecule has 192 valence electrons. The minimum atomic E-state index is -1.30. The molecule has 3 aromatic carbocycles. The molecule has 5 nitrogen and oxygen atoms in total. The Morgan fingerprint density at radius 1 is 0.865 bits per heavy atom. The Morgan fingerprint density at radius 2 is 1.51 bits per heavy atom. The number of hydrogen-bond donors (Lipinski definition) is 0. The number of fused-ring (bicyclic) bond motifs is 1. The van der Waals surface area contributed by atoms with Gasteiger partial charge in [-0.3, -0.25) is 0 Å². The van der Waals surface area contributed by atoms with Gasteiger partial charge in [0.2, 0.25) is 5.79 Å². The number of ether oxygens (including phenoxy) is 4. The highest BCUT2D eigenvalue weighted by Gasteiger charge is 2.59. The second-order valence-corrected chi connectivity index (χ2v) is 12.0. The standard InChI is InChI=1S/C32H34O5/c1-30(29(33)36-31-17-21-14-22(18-31)16-23(15-21)19-31)20-35-32(37-30,25-9-4-3-5-10-25)27-13-12-24-8-6-7-11-26(24)28(27)34-2/h3-13,21-23H,14-20H2,1-2H3. The molecule has 4 bridgehead atoms. The van der Waals surface area contributed by atoms with Crippen molar-refractivity contribution in [2.75, 3.05) is 13.7 Å². The molecule has 2 atom stereocenters. The number of esters is 1. The molecule has 0 spiro atoms. The Balaban J connectivity index is 1.27. The molecule has 0 radical (unpaired) electrons. The molecule has 4 aliphatic carbocycles. The van der Waals surface area contributed by atoms with Gasteiger partial charge in [-0.05, 0) is 74.7 Å². The maximum atomic E-state index is 13.9. The summed E-state index contributed by atoms with van der Waals surface area (Å²) in [6.45, 7) is 1.91.